The van der Waals surface area contributed by atoms with Crippen molar-refractivity contribution in [1.29, 1.82) is 0 Å². The number of carbonyl (C=O) groups excluding carboxylic acids is 1. The van der Waals surface area contributed by atoms with E-state index in [1.807, 2.05) is 30.5 Å². The van der Waals surface area contributed by atoms with Gasteiger partial charge in [-0.15, -0.1) is 0 Å². The number of fused-ring (bicyclic) bond motifs is 8. The molecule has 9 atom stereocenters. The second kappa shape index (κ2) is 10.9. The monoisotopic (exact) mass is 646 g/mol. The van der Waals surface area contributed by atoms with Crippen molar-refractivity contribution < 1.29 is 9.53 Å². The van der Waals surface area contributed by atoms with Crippen molar-refractivity contribution in [2.24, 2.45) is 51.2 Å². The second-order valence-electron chi connectivity index (χ2n) is 17.8. The molecule has 0 unspecified atom stereocenters. The van der Waals surface area contributed by atoms with Crippen molar-refractivity contribution in [3.63, 3.8) is 0 Å². The van der Waals surface area contributed by atoms with Crippen molar-refractivity contribution in [3.05, 3.63) is 83.5 Å². The van der Waals surface area contributed by atoms with Gasteiger partial charge in [-0.05, 0) is 114 Å². The zero-order chi connectivity index (χ0) is 33.7. The molecule has 0 spiro atoms. The van der Waals surface area contributed by atoms with Crippen molar-refractivity contribution in [3.8, 4) is 5.95 Å². The Labute approximate surface area is 287 Å². The molecule has 8 rings (SSSR count). The number of rotatable bonds is 4. The zero-order valence-corrected chi connectivity index (χ0v) is 30.1. The third-order valence-corrected chi connectivity index (χ3v) is 15.5. The van der Waals surface area contributed by atoms with Crippen LogP contribution in [0.25, 0.3) is 5.95 Å². The molecule has 0 saturated heterocycles. The maximum absolute atomic E-state index is 14.4. The number of nitrogens with zero attached hydrogens (tertiary/aromatic N) is 4. The summed E-state index contributed by atoms with van der Waals surface area (Å²) in [6, 6.07) is 12.1. The SMILES string of the molecule is C[C@@H]1[C@H]2C3=CC[C@H]4[C@]5(C)Cc6cnc(-n7cccn7)nc6C(C)(C)[C@H]5CC[C@]4(C)[C@]3(C)CC[C@@]2(C(=O)OCc2ccccc2)CC[C@@H]1C. The van der Waals surface area contributed by atoms with Gasteiger partial charge in [0, 0.05) is 24.0 Å². The molecule has 0 aliphatic heterocycles. The summed E-state index contributed by atoms with van der Waals surface area (Å²) in [5.41, 5.74) is 4.98. The summed E-state index contributed by atoms with van der Waals surface area (Å²) in [5.74, 6) is 3.06. The standard InChI is InChI=1S/C42H54N4O2/c1-27-16-19-42(36(47)48-26-29-12-9-8-10-13-29)21-20-40(6)31(34(42)28(27)2)14-15-33-39(5)24-30-25-43-37(46-23-11-22-44-46)45-35(30)38(3,4)32(39)17-18-41(33,40)7/h8-14,22-23,25,27-28,32-34H,15-21,24,26H2,1-7H3/t27-,28-,32+,33-,34-,39+,40+,41-,42-/m0/s1. The van der Waals surface area contributed by atoms with Crippen LogP contribution in [0.5, 0.6) is 0 Å². The number of carbonyl (C=O) groups is 1. The summed E-state index contributed by atoms with van der Waals surface area (Å²) in [6.07, 6.45) is 17.0. The normalized spacial score (nSPS) is 39.5. The molecule has 5 aliphatic carbocycles. The average Bonchev–Trinajstić information content (AvgIpc) is 3.61. The molecule has 3 fully saturated rings. The maximum atomic E-state index is 14.4. The fraction of sp³-hybridized carbons (Fsp3) is 0.619. The first-order chi connectivity index (χ1) is 22.8. The summed E-state index contributed by atoms with van der Waals surface area (Å²) in [5, 5.41) is 4.42. The van der Waals surface area contributed by atoms with Crippen LogP contribution in [0.3, 0.4) is 0 Å². The smallest absolute Gasteiger partial charge is 0.313 e. The lowest BCUT2D eigenvalue weighted by atomic mass is 9.33. The third-order valence-electron chi connectivity index (χ3n) is 15.5. The van der Waals surface area contributed by atoms with Gasteiger partial charge >= 0.3 is 5.97 Å². The van der Waals surface area contributed by atoms with Gasteiger partial charge < -0.3 is 4.74 Å². The molecule has 6 nitrogen and oxygen atoms in total. The number of hydrogen-bond donors (Lipinski definition) is 0. The molecule has 1 aromatic carbocycles. The minimum atomic E-state index is -0.425. The van der Waals surface area contributed by atoms with Gasteiger partial charge in [0.15, 0.2) is 0 Å². The van der Waals surface area contributed by atoms with Gasteiger partial charge in [0.25, 0.3) is 5.95 Å². The molecule has 254 valence electrons. The number of allylic oxidation sites excluding steroid dienone is 2. The molecular formula is C42H54N4O2. The highest BCUT2D eigenvalue weighted by molar-refractivity contribution is 5.79. The van der Waals surface area contributed by atoms with Gasteiger partial charge in [0.1, 0.15) is 6.61 Å². The highest BCUT2D eigenvalue weighted by Crippen LogP contribution is 2.75. The van der Waals surface area contributed by atoms with Crippen LogP contribution in [0.1, 0.15) is 110 Å². The van der Waals surface area contributed by atoms with E-state index in [0.29, 0.717) is 36.2 Å². The lowest BCUT2D eigenvalue weighted by Gasteiger charge is -2.70. The lowest BCUT2D eigenvalue weighted by molar-refractivity contribution is -0.184. The highest BCUT2D eigenvalue weighted by atomic mass is 16.5. The van der Waals surface area contributed by atoms with Gasteiger partial charge in [0.05, 0.1) is 11.1 Å². The van der Waals surface area contributed by atoms with E-state index >= 15 is 0 Å². The van der Waals surface area contributed by atoms with E-state index in [0.717, 1.165) is 44.1 Å². The zero-order valence-electron chi connectivity index (χ0n) is 30.1. The minimum Gasteiger partial charge on any atom is -0.460 e. The number of esters is 1. The van der Waals surface area contributed by atoms with Crippen molar-refractivity contribution in [2.45, 2.75) is 112 Å². The summed E-state index contributed by atoms with van der Waals surface area (Å²) < 4.78 is 8.03. The van der Waals surface area contributed by atoms with Crippen molar-refractivity contribution in [1.82, 2.24) is 19.7 Å². The largest absolute Gasteiger partial charge is 0.460 e. The Balaban J connectivity index is 1.16. The molecule has 3 aromatic rings. The fourth-order valence-corrected chi connectivity index (χ4v) is 12.7. The molecule has 0 radical (unpaired) electrons. The lowest BCUT2D eigenvalue weighted by Crippen LogP contribution is -2.65. The van der Waals surface area contributed by atoms with Crippen LogP contribution in [0, 0.1) is 51.2 Å². The van der Waals surface area contributed by atoms with Crippen LogP contribution in [-0.2, 0) is 28.0 Å². The number of hydrogen-bond acceptors (Lipinski definition) is 5. The Morgan fingerprint density at radius 1 is 0.958 bits per heavy atom. The Morgan fingerprint density at radius 2 is 1.75 bits per heavy atom. The molecule has 3 saturated carbocycles. The second-order valence-corrected chi connectivity index (χ2v) is 17.8. The third kappa shape index (κ3) is 4.29. The van der Waals surface area contributed by atoms with E-state index in [4.69, 9.17) is 14.7 Å². The fourth-order valence-electron chi connectivity index (χ4n) is 12.7. The molecule has 0 amide bonds. The van der Waals surface area contributed by atoms with Gasteiger partial charge in [-0.2, -0.15) is 5.10 Å². The van der Waals surface area contributed by atoms with Crippen LogP contribution in [0.2, 0.25) is 0 Å². The predicted octanol–water partition coefficient (Wildman–Crippen LogP) is 9.08. The Hall–Kier alpha value is -3.28. The van der Waals surface area contributed by atoms with Gasteiger partial charge in [-0.25, -0.2) is 14.6 Å². The van der Waals surface area contributed by atoms with Crippen molar-refractivity contribution in [2.75, 3.05) is 0 Å². The highest BCUT2D eigenvalue weighted by Gasteiger charge is 2.69. The molecule has 6 heteroatoms. The molecule has 5 aliphatic rings. The molecule has 0 bridgehead atoms. The van der Waals surface area contributed by atoms with E-state index in [1.54, 1.807) is 16.5 Å². The topological polar surface area (TPSA) is 69.9 Å². The number of ether oxygens (including phenoxy) is 1. The van der Waals surface area contributed by atoms with E-state index in [2.05, 4.69) is 78.0 Å². The van der Waals surface area contributed by atoms with Crippen LogP contribution in [-0.4, -0.2) is 25.7 Å². The van der Waals surface area contributed by atoms with E-state index < -0.39 is 5.41 Å². The van der Waals surface area contributed by atoms with Gasteiger partial charge in [-0.1, -0.05) is 90.4 Å². The van der Waals surface area contributed by atoms with Crippen LogP contribution in [0.15, 0.2) is 66.6 Å². The van der Waals surface area contributed by atoms with Crippen LogP contribution in [0.4, 0.5) is 0 Å². The van der Waals surface area contributed by atoms with Gasteiger partial charge in [0.2, 0.25) is 0 Å². The van der Waals surface area contributed by atoms with Gasteiger partial charge in [-0.3, -0.25) is 4.79 Å². The molecule has 2 heterocycles. The molecular weight excluding hydrogens is 592 g/mol. The maximum Gasteiger partial charge on any atom is 0.313 e. The van der Waals surface area contributed by atoms with E-state index in [-0.39, 0.29) is 33.5 Å². The summed E-state index contributed by atoms with van der Waals surface area (Å²) in [7, 11) is 0. The summed E-state index contributed by atoms with van der Waals surface area (Å²) >= 11 is 0. The minimum absolute atomic E-state index is 0.0427. The first-order valence-electron chi connectivity index (χ1n) is 18.6. The average molecular weight is 647 g/mol. The molecule has 0 N–H and O–H groups in total. The van der Waals surface area contributed by atoms with Crippen LogP contribution < -0.4 is 0 Å². The Bertz CT molecular complexity index is 1750. The van der Waals surface area contributed by atoms with Crippen molar-refractivity contribution >= 4 is 5.97 Å². The number of benzene rings is 1. The predicted molar refractivity (Wildman–Crippen MR) is 188 cm³/mol. The first kappa shape index (κ1) is 32.0. The number of aromatic nitrogens is 4. The first-order valence-corrected chi connectivity index (χ1v) is 18.6. The van der Waals surface area contributed by atoms with E-state index in [9.17, 15) is 4.79 Å². The molecule has 48 heavy (non-hydrogen) atoms. The van der Waals surface area contributed by atoms with Crippen LogP contribution >= 0.6 is 0 Å². The molecule has 2 aromatic heterocycles. The quantitative estimate of drug-likeness (QED) is 0.209. The Kier molecular flexibility index (Phi) is 7.23. The Morgan fingerprint density at radius 3 is 2.50 bits per heavy atom. The summed E-state index contributed by atoms with van der Waals surface area (Å²) in [6.45, 7) is 17.9. The summed E-state index contributed by atoms with van der Waals surface area (Å²) in [4.78, 5) is 24.4. The van der Waals surface area contributed by atoms with E-state index in [1.165, 1.54) is 24.1 Å².